The summed E-state index contributed by atoms with van der Waals surface area (Å²) in [6, 6.07) is 0. The maximum Gasteiger partial charge on any atom is 0.190 e. The quantitative estimate of drug-likeness (QED) is 0.420. The Bertz CT molecular complexity index is 256. The van der Waals surface area contributed by atoms with Crippen molar-refractivity contribution in [2.24, 2.45) is 16.8 Å². The van der Waals surface area contributed by atoms with Crippen molar-refractivity contribution < 1.29 is 0 Å². The van der Waals surface area contributed by atoms with Crippen LogP contribution in [0.15, 0.2) is 4.99 Å². The van der Waals surface area contributed by atoms with Gasteiger partial charge in [0.15, 0.2) is 5.96 Å². The SMILES string of the molecule is CCCN1CCC(CNC(=NC)NCC(C)C)C1.I. The van der Waals surface area contributed by atoms with Gasteiger partial charge in [0.05, 0.1) is 0 Å². The number of halogens is 1. The highest BCUT2D eigenvalue weighted by molar-refractivity contribution is 14.0. The fraction of sp³-hybridized carbons (Fsp3) is 0.929. The molecule has 1 aliphatic heterocycles. The molecule has 2 N–H and O–H groups in total. The van der Waals surface area contributed by atoms with Gasteiger partial charge < -0.3 is 15.5 Å². The van der Waals surface area contributed by atoms with Crippen LogP contribution in [0.25, 0.3) is 0 Å². The second-order valence-electron chi connectivity index (χ2n) is 5.68. The summed E-state index contributed by atoms with van der Waals surface area (Å²) < 4.78 is 0. The molecule has 0 bridgehead atoms. The molecule has 4 nitrogen and oxygen atoms in total. The monoisotopic (exact) mass is 382 g/mol. The van der Waals surface area contributed by atoms with Crippen LogP contribution in [0.3, 0.4) is 0 Å². The van der Waals surface area contributed by atoms with Crippen LogP contribution in [0.1, 0.15) is 33.6 Å². The van der Waals surface area contributed by atoms with Crippen molar-refractivity contribution in [3.05, 3.63) is 0 Å². The summed E-state index contributed by atoms with van der Waals surface area (Å²) in [6.45, 7) is 12.4. The molecule has 5 heteroatoms. The van der Waals surface area contributed by atoms with Gasteiger partial charge in [0.1, 0.15) is 0 Å². The van der Waals surface area contributed by atoms with Crippen LogP contribution in [0.4, 0.5) is 0 Å². The predicted molar refractivity (Wildman–Crippen MR) is 94.5 cm³/mol. The van der Waals surface area contributed by atoms with Crippen molar-refractivity contribution >= 4 is 29.9 Å². The van der Waals surface area contributed by atoms with Gasteiger partial charge in [-0.2, -0.15) is 0 Å². The van der Waals surface area contributed by atoms with Crippen LogP contribution in [0, 0.1) is 11.8 Å². The summed E-state index contributed by atoms with van der Waals surface area (Å²) in [5, 5.41) is 6.80. The molecule has 1 heterocycles. The van der Waals surface area contributed by atoms with Crippen molar-refractivity contribution in [1.29, 1.82) is 0 Å². The fourth-order valence-corrected chi connectivity index (χ4v) is 2.36. The summed E-state index contributed by atoms with van der Waals surface area (Å²) in [7, 11) is 1.84. The Morgan fingerprint density at radius 3 is 2.68 bits per heavy atom. The van der Waals surface area contributed by atoms with E-state index in [2.05, 4.69) is 41.3 Å². The molecule has 1 aliphatic rings. The Balaban J connectivity index is 0.00000324. The van der Waals surface area contributed by atoms with Gasteiger partial charge in [-0.3, -0.25) is 4.99 Å². The summed E-state index contributed by atoms with van der Waals surface area (Å²) in [6.07, 6.45) is 2.58. The van der Waals surface area contributed by atoms with Gasteiger partial charge in [-0.1, -0.05) is 20.8 Å². The maximum absolute atomic E-state index is 4.26. The lowest BCUT2D eigenvalue weighted by molar-refractivity contribution is 0.324. The topological polar surface area (TPSA) is 39.7 Å². The first-order valence-electron chi connectivity index (χ1n) is 7.32. The van der Waals surface area contributed by atoms with Crippen molar-refractivity contribution in [3.63, 3.8) is 0 Å². The Labute approximate surface area is 135 Å². The van der Waals surface area contributed by atoms with E-state index < -0.39 is 0 Å². The molecule has 1 fully saturated rings. The lowest BCUT2D eigenvalue weighted by Gasteiger charge is -2.17. The number of aliphatic imine (C=N–C) groups is 1. The molecule has 1 rings (SSSR count). The second kappa shape index (κ2) is 10.7. The van der Waals surface area contributed by atoms with Crippen molar-refractivity contribution in [2.75, 3.05) is 39.8 Å². The van der Waals surface area contributed by atoms with E-state index in [4.69, 9.17) is 0 Å². The Kier molecular flexibility index (Phi) is 10.7. The van der Waals surface area contributed by atoms with Crippen molar-refractivity contribution in [1.82, 2.24) is 15.5 Å². The number of nitrogens with zero attached hydrogens (tertiary/aromatic N) is 2. The average Bonchev–Trinajstić information content (AvgIpc) is 2.77. The van der Waals surface area contributed by atoms with Crippen LogP contribution in [-0.2, 0) is 0 Å². The van der Waals surface area contributed by atoms with Crippen LogP contribution >= 0.6 is 24.0 Å². The summed E-state index contributed by atoms with van der Waals surface area (Å²) in [4.78, 5) is 6.82. The lowest BCUT2D eigenvalue weighted by Crippen LogP contribution is -2.41. The number of hydrogen-bond donors (Lipinski definition) is 2. The maximum atomic E-state index is 4.26. The van der Waals surface area contributed by atoms with Crippen LogP contribution in [0.2, 0.25) is 0 Å². The molecular formula is C14H31IN4. The van der Waals surface area contributed by atoms with Gasteiger partial charge in [0.2, 0.25) is 0 Å². The number of rotatable bonds is 6. The molecule has 0 spiro atoms. The van der Waals surface area contributed by atoms with Crippen LogP contribution in [-0.4, -0.2) is 50.6 Å². The van der Waals surface area contributed by atoms with Gasteiger partial charge >= 0.3 is 0 Å². The molecule has 1 saturated heterocycles. The number of nitrogens with one attached hydrogen (secondary N) is 2. The highest BCUT2D eigenvalue weighted by atomic mass is 127. The number of likely N-dealkylation sites (tertiary alicyclic amines) is 1. The van der Waals surface area contributed by atoms with E-state index in [0.717, 1.165) is 25.0 Å². The molecule has 114 valence electrons. The zero-order valence-electron chi connectivity index (χ0n) is 12.9. The molecule has 0 aromatic rings. The predicted octanol–water partition coefficient (Wildman–Crippen LogP) is 2.16. The fourth-order valence-electron chi connectivity index (χ4n) is 2.36. The molecule has 0 saturated carbocycles. The van der Waals surface area contributed by atoms with Gasteiger partial charge in [0.25, 0.3) is 0 Å². The molecule has 0 aliphatic carbocycles. The minimum Gasteiger partial charge on any atom is -0.356 e. The molecular weight excluding hydrogens is 351 g/mol. The third kappa shape index (κ3) is 7.97. The van der Waals surface area contributed by atoms with Gasteiger partial charge in [-0.05, 0) is 37.8 Å². The molecule has 0 aromatic carbocycles. The van der Waals surface area contributed by atoms with E-state index >= 15 is 0 Å². The highest BCUT2D eigenvalue weighted by Gasteiger charge is 2.21. The molecule has 0 amide bonds. The van der Waals surface area contributed by atoms with E-state index in [1.165, 1.54) is 32.5 Å². The first-order chi connectivity index (χ1) is 8.65. The smallest absolute Gasteiger partial charge is 0.190 e. The van der Waals surface area contributed by atoms with Crippen molar-refractivity contribution in [3.8, 4) is 0 Å². The van der Waals surface area contributed by atoms with Gasteiger partial charge in [-0.15, -0.1) is 24.0 Å². The minimum absolute atomic E-state index is 0. The number of guanidine groups is 1. The van der Waals surface area contributed by atoms with Gasteiger partial charge in [-0.25, -0.2) is 0 Å². The second-order valence-corrected chi connectivity index (χ2v) is 5.68. The van der Waals surface area contributed by atoms with Crippen molar-refractivity contribution in [2.45, 2.75) is 33.6 Å². The highest BCUT2D eigenvalue weighted by Crippen LogP contribution is 2.15. The third-order valence-corrected chi connectivity index (χ3v) is 3.37. The van der Waals surface area contributed by atoms with E-state index in [1.54, 1.807) is 0 Å². The largest absolute Gasteiger partial charge is 0.356 e. The molecule has 19 heavy (non-hydrogen) atoms. The van der Waals surface area contributed by atoms with Gasteiger partial charge in [0, 0.05) is 26.7 Å². The first kappa shape index (κ1) is 19.0. The Morgan fingerprint density at radius 1 is 1.37 bits per heavy atom. The van der Waals surface area contributed by atoms with E-state index in [1.807, 2.05) is 7.05 Å². The lowest BCUT2D eigenvalue weighted by atomic mass is 10.1. The van der Waals surface area contributed by atoms with E-state index in [0.29, 0.717) is 5.92 Å². The summed E-state index contributed by atoms with van der Waals surface area (Å²) in [5.74, 6) is 2.36. The van der Waals surface area contributed by atoms with Crippen LogP contribution in [0.5, 0.6) is 0 Å². The van der Waals surface area contributed by atoms with E-state index in [-0.39, 0.29) is 24.0 Å². The Hall–Kier alpha value is -0.0400. The van der Waals surface area contributed by atoms with E-state index in [9.17, 15) is 0 Å². The molecule has 0 aromatic heterocycles. The summed E-state index contributed by atoms with van der Waals surface area (Å²) in [5.41, 5.74) is 0. The third-order valence-electron chi connectivity index (χ3n) is 3.37. The van der Waals surface area contributed by atoms with Crippen LogP contribution < -0.4 is 10.6 Å². The molecule has 1 atom stereocenters. The molecule has 0 radical (unpaired) electrons. The summed E-state index contributed by atoms with van der Waals surface area (Å²) >= 11 is 0. The Morgan fingerprint density at radius 2 is 2.11 bits per heavy atom. The standard InChI is InChI=1S/C14H30N4.HI/c1-5-7-18-8-6-13(11-18)10-17-14(15-4)16-9-12(2)3;/h12-13H,5-11H2,1-4H3,(H2,15,16,17);1H. The first-order valence-corrected chi connectivity index (χ1v) is 7.32. The normalized spacial score (nSPS) is 20.5. The molecule has 1 unspecified atom stereocenters. The zero-order valence-corrected chi connectivity index (χ0v) is 15.2. The number of hydrogen-bond acceptors (Lipinski definition) is 2. The minimum atomic E-state index is 0. The average molecular weight is 382 g/mol. The zero-order chi connectivity index (χ0) is 13.4.